The third-order valence-electron chi connectivity index (χ3n) is 2.78. The lowest BCUT2D eigenvalue weighted by Crippen LogP contribution is -2.22. The Morgan fingerprint density at radius 3 is 2.33 bits per heavy atom. The zero-order chi connectivity index (χ0) is 13.7. The van der Waals surface area contributed by atoms with Crippen LogP contribution in [0.2, 0.25) is 0 Å². The number of benzene rings is 1. The SMILES string of the molecule is COc1ccc(C(CC(=O)O)N(C)C)cc1OC. The second kappa shape index (κ2) is 6.26. The summed E-state index contributed by atoms with van der Waals surface area (Å²) in [6, 6.07) is 5.26. The molecule has 0 amide bonds. The molecule has 5 heteroatoms. The van der Waals surface area contributed by atoms with Crippen molar-refractivity contribution in [2.75, 3.05) is 28.3 Å². The lowest BCUT2D eigenvalue weighted by atomic mass is 10.0. The summed E-state index contributed by atoms with van der Waals surface area (Å²) in [5.74, 6) is 0.407. The predicted molar refractivity (Wildman–Crippen MR) is 68.2 cm³/mol. The van der Waals surface area contributed by atoms with E-state index in [0.29, 0.717) is 11.5 Å². The molecule has 18 heavy (non-hydrogen) atoms. The zero-order valence-electron chi connectivity index (χ0n) is 11.1. The molecule has 0 aromatic heterocycles. The Balaban J connectivity index is 3.09. The first-order valence-corrected chi connectivity index (χ1v) is 5.59. The predicted octanol–water partition coefficient (Wildman–Crippen LogP) is 1.78. The van der Waals surface area contributed by atoms with Gasteiger partial charge in [0.25, 0.3) is 0 Å². The molecule has 1 rings (SSSR count). The molecule has 1 N–H and O–H groups in total. The molecule has 1 unspecified atom stereocenters. The van der Waals surface area contributed by atoms with Gasteiger partial charge in [0.2, 0.25) is 0 Å². The van der Waals surface area contributed by atoms with Crippen molar-refractivity contribution in [1.82, 2.24) is 4.90 Å². The minimum absolute atomic E-state index is 0.0441. The molecule has 0 bridgehead atoms. The van der Waals surface area contributed by atoms with Gasteiger partial charge in [0, 0.05) is 6.04 Å². The topological polar surface area (TPSA) is 59.0 Å². The van der Waals surface area contributed by atoms with E-state index in [1.54, 1.807) is 20.3 Å². The lowest BCUT2D eigenvalue weighted by Gasteiger charge is -2.23. The number of carbonyl (C=O) groups is 1. The van der Waals surface area contributed by atoms with Crippen LogP contribution in [0.4, 0.5) is 0 Å². The molecule has 1 atom stereocenters. The number of hydrogen-bond donors (Lipinski definition) is 1. The first kappa shape index (κ1) is 14.3. The number of hydrogen-bond acceptors (Lipinski definition) is 4. The fourth-order valence-electron chi connectivity index (χ4n) is 1.82. The van der Waals surface area contributed by atoms with Crippen LogP contribution in [0, 0.1) is 0 Å². The summed E-state index contributed by atoms with van der Waals surface area (Å²) in [6.07, 6.45) is 0.0441. The highest BCUT2D eigenvalue weighted by Crippen LogP contribution is 2.32. The van der Waals surface area contributed by atoms with Gasteiger partial charge >= 0.3 is 5.97 Å². The van der Waals surface area contributed by atoms with E-state index in [1.165, 1.54) is 0 Å². The largest absolute Gasteiger partial charge is 0.493 e. The molecule has 0 aliphatic heterocycles. The molecule has 0 radical (unpaired) electrons. The van der Waals surface area contributed by atoms with E-state index in [1.807, 2.05) is 31.1 Å². The lowest BCUT2D eigenvalue weighted by molar-refractivity contribution is -0.138. The molecule has 0 heterocycles. The Morgan fingerprint density at radius 2 is 1.89 bits per heavy atom. The van der Waals surface area contributed by atoms with E-state index in [-0.39, 0.29) is 12.5 Å². The first-order chi connectivity index (χ1) is 8.49. The Bertz CT molecular complexity index is 417. The molecule has 0 saturated heterocycles. The molecule has 0 spiro atoms. The molecule has 100 valence electrons. The summed E-state index contributed by atoms with van der Waals surface area (Å²) < 4.78 is 10.4. The van der Waals surface area contributed by atoms with Gasteiger partial charge in [0.1, 0.15) is 0 Å². The van der Waals surface area contributed by atoms with Crippen molar-refractivity contribution in [3.63, 3.8) is 0 Å². The Kier molecular flexibility index (Phi) is 4.97. The third-order valence-corrected chi connectivity index (χ3v) is 2.78. The van der Waals surface area contributed by atoms with Crippen LogP contribution in [0.3, 0.4) is 0 Å². The van der Waals surface area contributed by atoms with Crippen LogP contribution in [-0.4, -0.2) is 44.3 Å². The number of aliphatic carboxylic acids is 1. The Morgan fingerprint density at radius 1 is 1.28 bits per heavy atom. The van der Waals surface area contributed by atoms with Crippen molar-refractivity contribution in [2.45, 2.75) is 12.5 Å². The van der Waals surface area contributed by atoms with Crippen molar-refractivity contribution in [1.29, 1.82) is 0 Å². The molecular formula is C13H19NO4. The summed E-state index contributed by atoms with van der Waals surface area (Å²) in [5, 5.41) is 8.94. The quantitative estimate of drug-likeness (QED) is 0.837. The van der Waals surface area contributed by atoms with Gasteiger partial charge in [-0.05, 0) is 31.8 Å². The van der Waals surface area contributed by atoms with Crippen LogP contribution in [0.5, 0.6) is 11.5 Å². The normalized spacial score (nSPS) is 12.3. The Labute approximate surface area is 107 Å². The summed E-state index contributed by atoms with van der Waals surface area (Å²) in [4.78, 5) is 12.8. The van der Waals surface area contributed by atoms with Gasteiger partial charge in [-0.15, -0.1) is 0 Å². The highest BCUT2D eigenvalue weighted by molar-refractivity contribution is 5.68. The third kappa shape index (κ3) is 3.37. The standard InChI is InChI=1S/C13H19NO4/c1-14(2)10(8-13(15)16)9-5-6-11(17-3)12(7-9)18-4/h5-7,10H,8H2,1-4H3,(H,15,16). The van der Waals surface area contributed by atoms with E-state index in [0.717, 1.165) is 5.56 Å². The molecule has 1 aromatic rings. The smallest absolute Gasteiger partial charge is 0.305 e. The van der Waals surface area contributed by atoms with Gasteiger partial charge in [-0.1, -0.05) is 6.07 Å². The monoisotopic (exact) mass is 253 g/mol. The van der Waals surface area contributed by atoms with Crippen LogP contribution < -0.4 is 9.47 Å². The van der Waals surface area contributed by atoms with Crippen LogP contribution in [0.25, 0.3) is 0 Å². The number of carboxylic acids is 1. The number of carboxylic acid groups (broad SMARTS) is 1. The first-order valence-electron chi connectivity index (χ1n) is 5.59. The number of ether oxygens (including phenoxy) is 2. The van der Waals surface area contributed by atoms with E-state index >= 15 is 0 Å². The maximum absolute atomic E-state index is 10.9. The molecular weight excluding hydrogens is 234 g/mol. The summed E-state index contributed by atoms with van der Waals surface area (Å²) in [6.45, 7) is 0. The fourth-order valence-corrected chi connectivity index (χ4v) is 1.82. The van der Waals surface area contributed by atoms with Crippen LogP contribution in [-0.2, 0) is 4.79 Å². The molecule has 0 aliphatic carbocycles. The van der Waals surface area contributed by atoms with Gasteiger partial charge in [-0.25, -0.2) is 0 Å². The molecule has 0 aliphatic rings. The fraction of sp³-hybridized carbons (Fsp3) is 0.462. The number of rotatable bonds is 6. The van der Waals surface area contributed by atoms with Crippen molar-refractivity contribution < 1.29 is 19.4 Å². The zero-order valence-corrected chi connectivity index (χ0v) is 11.1. The van der Waals surface area contributed by atoms with Crippen molar-refractivity contribution in [3.8, 4) is 11.5 Å². The van der Waals surface area contributed by atoms with Crippen molar-refractivity contribution in [2.24, 2.45) is 0 Å². The van der Waals surface area contributed by atoms with Crippen LogP contribution >= 0.6 is 0 Å². The summed E-state index contributed by atoms with van der Waals surface area (Å²) >= 11 is 0. The van der Waals surface area contributed by atoms with Crippen LogP contribution in [0.1, 0.15) is 18.0 Å². The summed E-state index contributed by atoms with van der Waals surface area (Å²) in [5.41, 5.74) is 0.889. The van der Waals surface area contributed by atoms with E-state index in [2.05, 4.69) is 0 Å². The molecule has 1 aromatic carbocycles. The highest BCUT2D eigenvalue weighted by Gasteiger charge is 2.19. The summed E-state index contributed by atoms with van der Waals surface area (Å²) in [7, 11) is 6.83. The highest BCUT2D eigenvalue weighted by atomic mass is 16.5. The average molecular weight is 253 g/mol. The number of methoxy groups -OCH3 is 2. The van der Waals surface area contributed by atoms with Gasteiger partial charge < -0.3 is 19.5 Å². The van der Waals surface area contributed by atoms with Crippen LogP contribution in [0.15, 0.2) is 18.2 Å². The second-order valence-corrected chi connectivity index (χ2v) is 4.19. The van der Waals surface area contributed by atoms with Crippen molar-refractivity contribution >= 4 is 5.97 Å². The molecule has 5 nitrogen and oxygen atoms in total. The van der Waals surface area contributed by atoms with Gasteiger partial charge in [-0.2, -0.15) is 0 Å². The minimum atomic E-state index is -0.830. The van der Waals surface area contributed by atoms with E-state index < -0.39 is 5.97 Å². The van der Waals surface area contributed by atoms with Gasteiger partial charge in [-0.3, -0.25) is 4.79 Å². The second-order valence-electron chi connectivity index (χ2n) is 4.19. The van der Waals surface area contributed by atoms with E-state index in [4.69, 9.17) is 14.6 Å². The molecule has 0 saturated carbocycles. The van der Waals surface area contributed by atoms with Gasteiger partial charge in [0.15, 0.2) is 11.5 Å². The molecule has 0 fully saturated rings. The Hall–Kier alpha value is -1.75. The average Bonchev–Trinajstić information content (AvgIpc) is 2.34. The van der Waals surface area contributed by atoms with Crippen molar-refractivity contribution in [3.05, 3.63) is 23.8 Å². The van der Waals surface area contributed by atoms with Gasteiger partial charge in [0.05, 0.1) is 20.6 Å². The van der Waals surface area contributed by atoms with E-state index in [9.17, 15) is 4.79 Å². The number of nitrogens with zero attached hydrogens (tertiary/aromatic N) is 1. The maximum Gasteiger partial charge on any atom is 0.305 e. The maximum atomic E-state index is 10.9. The minimum Gasteiger partial charge on any atom is -0.493 e.